The van der Waals surface area contributed by atoms with Crippen molar-refractivity contribution in [1.29, 1.82) is 5.26 Å². The summed E-state index contributed by atoms with van der Waals surface area (Å²) in [7, 11) is 1.47. The van der Waals surface area contributed by atoms with Gasteiger partial charge in [-0.1, -0.05) is 12.1 Å². The van der Waals surface area contributed by atoms with E-state index in [-0.39, 0.29) is 12.0 Å². The first-order valence-electron chi connectivity index (χ1n) is 5.65. The Balaban J connectivity index is 2.53. The van der Waals surface area contributed by atoms with Crippen LogP contribution in [0.4, 0.5) is 8.78 Å². The molecule has 0 fully saturated rings. The van der Waals surface area contributed by atoms with Crippen molar-refractivity contribution in [3.8, 4) is 22.9 Å². The highest BCUT2D eigenvalue weighted by atomic mass is 19.1. The van der Waals surface area contributed by atoms with Gasteiger partial charge in [0.1, 0.15) is 17.4 Å². The van der Waals surface area contributed by atoms with E-state index in [2.05, 4.69) is 0 Å². The van der Waals surface area contributed by atoms with Gasteiger partial charge in [0.15, 0.2) is 0 Å². The smallest absolute Gasteiger partial charge is 0.134 e. The largest absolute Gasteiger partial charge is 0.496 e. The van der Waals surface area contributed by atoms with Crippen molar-refractivity contribution >= 4 is 0 Å². The van der Waals surface area contributed by atoms with Crippen LogP contribution in [0.15, 0.2) is 36.4 Å². The van der Waals surface area contributed by atoms with E-state index in [1.165, 1.54) is 19.2 Å². The van der Waals surface area contributed by atoms with Gasteiger partial charge < -0.3 is 4.74 Å². The molecule has 0 aliphatic rings. The molecule has 0 heterocycles. The monoisotopic (exact) mass is 259 g/mol. The number of hydrogen-bond donors (Lipinski definition) is 0. The van der Waals surface area contributed by atoms with Gasteiger partial charge in [-0.2, -0.15) is 5.26 Å². The van der Waals surface area contributed by atoms with E-state index in [9.17, 15) is 8.78 Å². The maximum absolute atomic E-state index is 13.8. The topological polar surface area (TPSA) is 33.0 Å². The number of halogens is 2. The minimum absolute atomic E-state index is 0.253. The van der Waals surface area contributed by atoms with Crippen LogP contribution in [0.2, 0.25) is 0 Å². The first-order chi connectivity index (χ1) is 9.15. The quantitative estimate of drug-likeness (QED) is 0.841. The number of benzene rings is 2. The van der Waals surface area contributed by atoms with Crippen LogP contribution >= 0.6 is 0 Å². The molecule has 0 aliphatic carbocycles. The van der Waals surface area contributed by atoms with E-state index in [4.69, 9.17) is 10.00 Å². The first-order valence-corrected chi connectivity index (χ1v) is 5.65. The van der Waals surface area contributed by atoms with Gasteiger partial charge in [-0.05, 0) is 23.8 Å². The summed E-state index contributed by atoms with van der Waals surface area (Å²) in [6, 6.07) is 10.5. The molecule has 0 saturated carbocycles. The Bertz CT molecular complexity index is 647. The predicted octanol–water partition coefficient (Wildman–Crippen LogP) is 3.71. The molecule has 2 aromatic carbocycles. The maximum atomic E-state index is 13.8. The number of rotatable bonds is 3. The Morgan fingerprint density at radius 2 is 1.84 bits per heavy atom. The number of ether oxygens (including phenoxy) is 1. The maximum Gasteiger partial charge on any atom is 0.134 e. The zero-order valence-electron chi connectivity index (χ0n) is 10.3. The van der Waals surface area contributed by atoms with E-state index in [0.29, 0.717) is 11.3 Å². The van der Waals surface area contributed by atoms with Crippen LogP contribution in [0.3, 0.4) is 0 Å². The Kier molecular flexibility index (Phi) is 3.76. The minimum Gasteiger partial charge on any atom is -0.496 e. The van der Waals surface area contributed by atoms with Crippen LogP contribution in [0.25, 0.3) is 11.1 Å². The molecule has 96 valence electrons. The first kappa shape index (κ1) is 13.0. The van der Waals surface area contributed by atoms with E-state index >= 15 is 0 Å². The van der Waals surface area contributed by atoms with Crippen molar-refractivity contribution in [3.63, 3.8) is 0 Å². The van der Waals surface area contributed by atoms with Gasteiger partial charge >= 0.3 is 0 Å². The Labute approximate surface area is 109 Å². The lowest BCUT2D eigenvalue weighted by Crippen LogP contribution is -1.93. The Morgan fingerprint density at radius 3 is 2.47 bits per heavy atom. The van der Waals surface area contributed by atoms with Crippen LogP contribution in [0, 0.1) is 23.0 Å². The van der Waals surface area contributed by atoms with Gasteiger partial charge in [0.25, 0.3) is 0 Å². The molecule has 19 heavy (non-hydrogen) atoms. The summed E-state index contributed by atoms with van der Waals surface area (Å²) in [5.74, 6) is -0.814. The Morgan fingerprint density at radius 1 is 1.11 bits per heavy atom. The molecule has 0 radical (unpaired) electrons. The lowest BCUT2D eigenvalue weighted by atomic mass is 10.0. The normalized spacial score (nSPS) is 10.0. The zero-order valence-corrected chi connectivity index (χ0v) is 10.3. The molecule has 2 aromatic rings. The molecule has 0 saturated heterocycles. The van der Waals surface area contributed by atoms with E-state index in [0.717, 1.165) is 11.6 Å². The summed E-state index contributed by atoms with van der Waals surface area (Å²) < 4.78 is 31.9. The molecule has 0 aromatic heterocycles. The highest BCUT2D eigenvalue weighted by Gasteiger charge is 2.12. The second-order valence-corrected chi connectivity index (χ2v) is 3.99. The molecule has 0 aliphatic heterocycles. The van der Waals surface area contributed by atoms with Crippen LogP contribution in [-0.2, 0) is 6.42 Å². The number of methoxy groups -OCH3 is 1. The standard InChI is InChI=1S/C15H11F2NO/c1-19-15-8-10(6-7-18)2-4-13(15)12-5-3-11(16)9-14(12)17/h2-5,8-9H,6H2,1H3. The molecular formula is C15H11F2NO. The molecule has 2 nitrogen and oxygen atoms in total. The van der Waals surface area contributed by atoms with Gasteiger partial charge in [-0.15, -0.1) is 0 Å². The molecule has 0 amide bonds. The average Bonchev–Trinajstić information content (AvgIpc) is 2.39. The fourth-order valence-corrected chi connectivity index (χ4v) is 1.87. The third-order valence-corrected chi connectivity index (χ3v) is 2.77. The zero-order chi connectivity index (χ0) is 13.8. The molecule has 0 bridgehead atoms. The fourth-order valence-electron chi connectivity index (χ4n) is 1.87. The lowest BCUT2D eigenvalue weighted by Gasteiger charge is -2.11. The SMILES string of the molecule is COc1cc(CC#N)ccc1-c1ccc(F)cc1F. The highest BCUT2D eigenvalue weighted by molar-refractivity contribution is 5.71. The molecule has 4 heteroatoms. The number of nitrogens with zero attached hydrogens (tertiary/aromatic N) is 1. The predicted molar refractivity (Wildman–Crippen MR) is 67.7 cm³/mol. The minimum atomic E-state index is -0.647. The van der Waals surface area contributed by atoms with Crippen LogP contribution in [0.5, 0.6) is 5.75 Å². The van der Waals surface area contributed by atoms with Crippen LogP contribution < -0.4 is 4.74 Å². The molecular weight excluding hydrogens is 248 g/mol. The van der Waals surface area contributed by atoms with Crippen molar-refractivity contribution in [3.05, 3.63) is 53.6 Å². The van der Waals surface area contributed by atoms with Gasteiger partial charge in [0.05, 0.1) is 19.6 Å². The van der Waals surface area contributed by atoms with Crippen LogP contribution in [0.1, 0.15) is 5.56 Å². The summed E-state index contributed by atoms with van der Waals surface area (Å²) in [5, 5.41) is 8.65. The number of hydrogen-bond acceptors (Lipinski definition) is 2. The van der Waals surface area contributed by atoms with Gasteiger partial charge in [-0.25, -0.2) is 8.78 Å². The van der Waals surface area contributed by atoms with Gasteiger partial charge in [-0.3, -0.25) is 0 Å². The third-order valence-electron chi connectivity index (χ3n) is 2.77. The number of nitriles is 1. The van der Waals surface area contributed by atoms with Crippen molar-refractivity contribution in [2.75, 3.05) is 7.11 Å². The second-order valence-electron chi connectivity index (χ2n) is 3.99. The average molecular weight is 259 g/mol. The van der Waals surface area contributed by atoms with Gasteiger partial charge in [0, 0.05) is 17.2 Å². The summed E-state index contributed by atoms with van der Waals surface area (Å²) in [4.78, 5) is 0. The fraction of sp³-hybridized carbons (Fsp3) is 0.133. The van der Waals surface area contributed by atoms with Crippen LogP contribution in [-0.4, -0.2) is 7.11 Å². The highest BCUT2D eigenvalue weighted by Crippen LogP contribution is 2.32. The molecule has 0 spiro atoms. The third kappa shape index (κ3) is 2.71. The summed E-state index contributed by atoms with van der Waals surface area (Å²) in [6.07, 6.45) is 0.253. The summed E-state index contributed by atoms with van der Waals surface area (Å²) in [6.45, 7) is 0. The van der Waals surface area contributed by atoms with Crippen molar-refractivity contribution in [1.82, 2.24) is 0 Å². The molecule has 0 N–H and O–H groups in total. The molecule has 2 rings (SSSR count). The second kappa shape index (κ2) is 5.49. The van der Waals surface area contributed by atoms with Crippen molar-refractivity contribution in [2.45, 2.75) is 6.42 Å². The van der Waals surface area contributed by atoms with E-state index in [1.807, 2.05) is 6.07 Å². The van der Waals surface area contributed by atoms with Crippen molar-refractivity contribution < 1.29 is 13.5 Å². The van der Waals surface area contributed by atoms with Gasteiger partial charge in [0.2, 0.25) is 0 Å². The molecule has 0 unspecified atom stereocenters. The Hall–Kier alpha value is -2.41. The van der Waals surface area contributed by atoms with E-state index < -0.39 is 11.6 Å². The van der Waals surface area contributed by atoms with Crippen molar-refractivity contribution in [2.24, 2.45) is 0 Å². The summed E-state index contributed by atoms with van der Waals surface area (Å²) in [5.41, 5.74) is 1.58. The summed E-state index contributed by atoms with van der Waals surface area (Å²) >= 11 is 0. The van der Waals surface area contributed by atoms with E-state index in [1.54, 1.807) is 18.2 Å². The lowest BCUT2D eigenvalue weighted by molar-refractivity contribution is 0.415. The molecule has 0 atom stereocenters.